The number of benzene rings is 1. The minimum absolute atomic E-state index is 0.0406. The number of carboxylic acids is 2. The number of rotatable bonds is 9. The van der Waals surface area contributed by atoms with Crippen molar-refractivity contribution in [2.75, 3.05) is 12.3 Å². The SMILES string of the molecule is NCC(SC[C@H](NC(=O)c1ccccc1C(=O)O)C(=O)O)c1ccco1. The van der Waals surface area contributed by atoms with E-state index in [4.69, 9.17) is 15.3 Å². The predicted octanol–water partition coefficient (Wildman–Crippen LogP) is 1.59. The number of carbonyl (C=O) groups is 3. The van der Waals surface area contributed by atoms with E-state index >= 15 is 0 Å². The van der Waals surface area contributed by atoms with Crippen molar-refractivity contribution >= 4 is 29.6 Å². The van der Waals surface area contributed by atoms with Gasteiger partial charge in [-0.3, -0.25) is 4.79 Å². The third kappa shape index (κ3) is 4.87. The van der Waals surface area contributed by atoms with Gasteiger partial charge in [-0.05, 0) is 24.3 Å². The molecule has 2 atom stereocenters. The lowest BCUT2D eigenvalue weighted by molar-refractivity contribution is -0.138. The van der Waals surface area contributed by atoms with Crippen molar-refractivity contribution in [2.45, 2.75) is 11.3 Å². The molecule has 26 heavy (non-hydrogen) atoms. The van der Waals surface area contributed by atoms with Gasteiger partial charge in [0.05, 0.1) is 22.6 Å². The van der Waals surface area contributed by atoms with Crippen molar-refractivity contribution in [3.8, 4) is 0 Å². The van der Waals surface area contributed by atoms with Crippen LogP contribution in [0.2, 0.25) is 0 Å². The van der Waals surface area contributed by atoms with Crippen molar-refractivity contribution in [3.05, 3.63) is 59.5 Å². The summed E-state index contributed by atoms with van der Waals surface area (Å²) in [6.45, 7) is 0.236. The van der Waals surface area contributed by atoms with Gasteiger partial charge in [0.1, 0.15) is 11.8 Å². The van der Waals surface area contributed by atoms with Crippen LogP contribution in [0.3, 0.4) is 0 Å². The highest BCUT2D eigenvalue weighted by Gasteiger charge is 2.25. The summed E-state index contributed by atoms with van der Waals surface area (Å²) in [7, 11) is 0. The van der Waals surface area contributed by atoms with Crippen LogP contribution < -0.4 is 11.1 Å². The molecular weight excluding hydrogens is 360 g/mol. The Labute approximate surface area is 153 Å². The second-order valence-corrected chi connectivity index (χ2v) is 6.52. The van der Waals surface area contributed by atoms with E-state index in [9.17, 15) is 19.5 Å². The molecule has 5 N–H and O–H groups in total. The highest BCUT2D eigenvalue weighted by molar-refractivity contribution is 7.99. The number of amides is 1. The lowest BCUT2D eigenvalue weighted by atomic mass is 10.1. The van der Waals surface area contributed by atoms with Crippen molar-refractivity contribution in [2.24, 2.45) is 5.73 Å². The lowest BCUT2D eigenvalue weighted by Gasteiger charge is -2.18. The Morgan fingerprint density at radius 1 is 1.12 bits per heavy atom. The molecule has 0 aliphatic heterocycles. The zero-order chi connectivity index (χ0) is 19.1. The van der Waals surface area contributed by atoms with Crippen molar-refractivity contribution < 1.29 is 29.0 Å². The summed E-state index contributed by atoms with van der Waals surface area (Å²) < 4.78 is 5.27. The topological polar surface area (TPSA) is 143 Å². The maximum Gasteiger partial charge on any atom is 0.336 e. The fourth-order valence-corrected chi connectivity index (χ4v) is 3.32. The first kappa shape index (κ1) is 19.5. The normalized spacial score (nSPS) is 13.0. The lowest BCUT2D eigenvalue weighted by Crippen LogP contribution is -2.43. The van der Waals surface area contributed by atoms with Crippen LogP contribution in [0.4, 0.5) is 0 Å². The molecule has 1 heterocycles. The van der Waals surface area contributed by atoms with Gasteiger partial charge in [-0.25, -0.2) is 9.59 Å². The number of furan rings is 1. The van der Waals surface area contributed by atoms with Crippen LogP contribution in [0.1, 0.15) is 31.7 Å². The summed E-state index contributed by atoms with van der Waals surface area (Å²) in [4.78, 5) is 35.0. The van der Waals surface area contributed by atoms with Crippen molar-refractivity contribution in [1.82, 2.24) is 5.32 Å². The fraction of sp³-hybridized carbons (Fsp3) is 0.235. The molecule has 0 fully saturated rings. The first-order valence-electron chi connectivity index (χ1n) is 7.65. The molecule has 1 unspecified atom stereocenters. The molecule has 0 radical (unpaired) electrons. The maximum absolute atomic E-state index is 12.3. The molecule has 1 aromatic carbocycles. The molecule has 0 spiro atoms. The molecule has 0 bridgehead atoms. The fourth-order valence-electron chi connectivity index (χ4n) is 2.23. The molecule has 0 saturated heterocycles. The Kier molecular flexibility index (Phi) is 6.81. The zero-order valence-corrected chi connectivity index (χ0v) is 14.4. The van der Waals surface area contributed by atoms with Gasteiger partial charge in [-0.2, -0.15) is 0 Å². The summed E-state index contributed by atoms with van der Waals surface area (Å²) in [5.41, 5.74) is 5.39. The number of aliphatic carboxylic acids is 1. The first-order chi connectivity index (χ1) is 12.4. The summed E-state index contributed by atoms with van der Waals surface area (Å²) in [5, 5.41) is 20.6. The number of hydrogen-bond acceptors (Lipinski definition) is 6. The van der Waals surface area contributed by atoms with Gasteiger partial charge in [0.2, 0.25) is 0 Å². The van der Waals surface area contributed by atoms with E-state index in [0.29, 0.717) is 5.76 Å². The smallest absolute Gasteiger partial charge is 0.336 e. The molecule has 2 rings (SSSR count). The minimum atomic E-state index is -1.27. The molecule has 1 amide bonds. The van der Waals surface area contributed by atoms with Crippen LogP contribution in [0.25, 0.3) is 0 Å². The summed E-state index contributed by atoms with van der Waals surface area (Å²) in [6, 6.07) is 7.84. The van der Waals surface area contributed by atoms with Gasteiger partial charge in [0.15, 0.2) is 0 Å². The van der Waals surface area contributed by atoms with E-state index in [1.807, 2.05) is 0 Å². The predicted molar refractivity (Wildman–Crippen MR) is 95.3 cm³/mol. The van der Waals surface area contributed by atoms with Gasteiger partial charge in [-0.15, -0.1) is 11.8 Å². The molecule has 0 aliphatic rings. The third-order valence-electron chi connectivity index (χ3n) is 3.54. The number of aromatic carboxylic acids is 1. The molecule has 1 aromatic heterocycles. The van der Waals surface area contributed by atoms with Gasteiger partial charge in [-0.1, -0.05) is 12.1 Å². The number of carbonyl (C=O) groups excluding carboxylic acids is 1. The van der Waals surface area contributed by atoms with E-state index in [1.54, 1.807) is 12.1 Å². The molecule has 0 aliphatic carbocycles. The highest BCUT2D eigenvalue weighted by Crippen LogP contribution is 2.28. The van der Waals surface area contributed by atoms with Crippen LogP contribution in [0.5, 0.6) is 0 Å². The zero-order valence-electron chi connectivity index (χ0n) is 13.6. The molecule has 2 aromatic rings. The van der Waals surface area contributed by atoms with Crippen LogP contribution >= 0.6 is 11.8 Å². The van der Waals surface area contributed by atoms with Crippen LogP contribution in [-0.4, -0.2) is 46.4 Å². The van der Waals surface area contributed by atoms with Gasteiger partial charge < -0.3 is 25.7 Å². The summed E-state index contributed by atoms with van der Waals surface area (Å²) in [5.74, 6) is -2.60. The molecule has 138 valence electrons. The molecular formula is C17H18N2O6S. The highest BCUT2D eigenvalue weighted by atomic mass is 32.2. The van der Waals surface area contributed by atoms with E-state index in [1.165, 1.54) is 42.3 Å². The van der Waals surface area contributed by atoms with Gasteiger partial charge in [0.25, 0.3) is 5.91 Å². The Hall–Kier alpha value is -2.78. The molecule has 9 heteroatoms. The number of nitrogens with two attached hydrogens (primary N) is 1. The average Bonchev–Trinajstić information content (AvgIpc) is 3.15. The number of nitrogens with one attached hydrogen (secondary N) is 1. The Morgan fingerprint density at radius 3 is 2.35 bits per heavy atom. The molecule has 8 nitrogen and oxygen atoms in total. The molecule has 0 saturated carbocycles. The minimum Gasteiger partial charge on any atom is -0.480 e. The van der Waals surface area contributed by atoms with Gasteiger partial charge in [0, 0.05) is 12.3 Å². The summed E-state index contributed by atoms with van der Waals surface area (Å²) in [6.07, 6.45) is 1.50. The second-order valence-electron chi connectivity index (χ2n) is 5.29. The van der Waals surface area contributed by atoms with Crippen LogP contribution in [-0.2, 0) is 4.79 Å². The van der Waals surface area contributed by atoms with Crippen molar-refractivity contribution in [3.63, 3.8) is 0 Å². The Balaban J connectivity index is 2.07. The van der Waals surface area contributed by atoms with E-state index < -0.39 is 23.9 Å². The summed E-state index contributed by atoms with van der Waals surface area (Å²) >= 11 is 1.23. The van der Waals surface area contributed by atoms with E-state index in [2.05, 4.69) is 5.32 Å². The van der Waals surface area contributed by atoms with Crippen molar-refractivity contribution in [1.29, 1.82) is 0 Å². The first-order valence-corrected chi connectivity index (χ1v) is 8.70. The quantitative estimate of drug-likeness (QED) is 0.515. The second kappa shape index (κ2) is 9.07. The van der Waals surface area contributed by atoms with Crippen LogP contribution in [0.15, 0.2) is 47.1 Å². The average molecular weight is 378 g/mol. The van der Waals surface area contributed by atoms with Gasteiger partial charge >= 0.3 is 11.9 Å². The van der Waals surface area contributed by atoms with Crippen LogP contribution in [0, 0.1) is 0 Å². The Morgan fingerprint density at radius 2 is 1.81 bits per heavy atom. The third-order valence-corrected chi connectivity index (χ3v) is 4.90. The van der Waals surface area contributed by atoms with E-state index in [-0.39, 0.29) is 28.7 Å². The largest absolute Gasteiger partial charge is 0.480 e. The number of thioether (sulfide) groups is 1. The van der Waals surface area contributed by atoms with E-state index in [0.717, 1.165) is 0 Å². The number of hydrogen-bond donors (Lipinski definition) is 4. The standard InChI is InChI=1S/C17H18N2O6S/c18-8-14(13-6-3-7-25-13)26-9-12(17(23)24)19-15(20)10-4-1-2-5-11(10)16(21)22/h1-7,12,14H,8-9,18H2,(H,19,20)(H,21,22)(H,23,24)/t12-,14?/m0/s1. The number of carboxylic acid groups (broad SMARTS) is 2. The monoisotopic (exact) mass is 378 g/mol. The maximum atomic E-state index is 12.3. The Bertz CT molecular complexity index is 777.